The molecule has 0 aromatic heterocycles. The Labute approximate surface area is 73.2 Å². The zero-order valence-electron chi connectivity index (χ0n) is 8.48. The largest absolute Gasteiger partial charge is 0.0742 e. The second kappa shape index (κ2) is 4.85. The summed E-state index contributed by atoms with van der Waals surface area (Å²) in [7, 11) is 6.03. The molecule has 0 aliphatic carbocycles. The third-order valence-corrected chi connectivity index (χ3v) is 2.45. The maximum absolute atomic E-state index is 6.03. The molecule has 0 aliphatic heterocycles. The van der Waals surface area contributed by atoms with E-state index in [0.717, 1.165) is 0 Å². The highest BCUT2D eigenvalue weighted by Gasteiger charge is 2.20. The van der Waals surface area contributed by atoms with Gasteiger partial charge in [0.1, 0.15) is 0 Å². The van der Waals surface area contributed by atoms with Crippen molar-refractivity contribution in [3.63, 3.8) is 0 Å². The van der Waals surface area contributed by atoms with Crippen LogP contribution < -0.4 is 0 Å². The second-order valence-corrected chi connectivity index (χ2v) is 4.07. The summed E-state index contributed by atoms with van der Waals surface area (Å²) in [4.78, 5) is 0. The van der Waals surface area contributed by atoms with Crippen molar-refractivity contribution in [2.75, 3.05) is 0 Å². The predicted molar refractivity (Wildman–Crippen MR) is 53.1 cm³/mol. The lowest BCUT2D eigenvalue weighted by molar-refractivity contribution is 0.356. The van der Waals surface area contributed by atoms with Crippen LogP contribution in [0, 0.1) is 5.92 Å². The van der Waals surface area contributed by atoms with Gasteiger partial charge in [-0.05, 0) is 5.92 Å². The summed E-state index contributed by atoms with van der Waals surface area (Å²) in [5, 5.41) is 0.0178. The first-order chi connectivity index (χ1) is 5.02. The van der Waals surface area contributed by atoms with Gasteiger partial charge in [0, 0.05) is 0 Å². The first-order valence-corrected chi connectivity index (χ1v) is 4.81. The van der Waals surface area contributed by atoms with Crippen LogP contribution in [0.5, 0.6) is 0 Å². The molecule has 0 aromatic rings. The molecule has 64 valence electrons. The Balaban J connectivity index is 3.76. The van der Waals surface area contributed by atoms with Crippen molar-refractivity contribution < 1.29 is 0 Å². The van der Waals surface area contributed by atoms with Crippen molar-refractivity contribution in [1.82, 2.24) is 0 Å². The number of unbranched alkanes of at least 4 members (excludes halogenated alkanes) is 1. The van der Waals surface area contributed by atoms with Gasteiger partial charge in [-0.1, -0.05) is 58.7 Å². The van der Waals surface area contributed by atoms with E-state index in [1.54, 1.807) is 0 Å². The van der Waals surface area contributed by atoms with Crippen LogP contribution in [0.15, 0.2) is 0 Å². The van der Waals surface area contributed by atoms with Gasteiger partial charge in [-0.15, -0.1) is 0 Å². The third-order valence-electron chi connectivity index (χ3n) is 2.45. The fourth-order valence-corrected chi connectivity index (χ4v) is 1.55. The number of hydrogen-bond acceptors (Lipinski definition) is 0. The number of rotatable bonds is 5. The monoisotopic (exact) mass is 152 g/mol. The Morgan fingerprint density at radius 2 is 1.82 bits per heavy atom. The molecule has 0 fully saturated rings. The molecule has 2 radical (unpaired) electrons. The molecule has 1 atom stereocenters. The summed E-state index contributed by atoms with van der Waals surface area (Å²) < 4.78 is 0. The lowest BCUT2D eigenvalue weighted by Crippen LogP contribution is -2.16. The van der Waals surface area contributed by atoms with Crippen LogP contribution in [0.2, 0.25) is 5.31 Å². The highest BCUT2D eigenvalue weighted by Crippen LogP contribution is 2.36. The smallest absolute Gasteiger partial charge is 0.0689 e. The van der Waals surface area contributed by atoms with Crippen molar-refractivity contribution in [2.24, 2.45) is 5.92 Å². The molecular weight excluding hydrogens is 131 g/mol. The Kier molecular flexibility index (Phi) is 4.87. The van der Waals surface area contributed by atoms with Crippen LogP contribution in [-0.4, -0.2) is 7.85 Å². The van der Waals surface area contributed by atoms with Gasteiger partial charge in [0.2, 0.25) is 0 Å². The molecule has 0 amide bonds. The van der Waals surface area contributed by atoms with Crippen LogP contribution in [0.1, 0.15) is 53.4 Å². The van der Waals surface area contributed by atoms with Crippen LogP contribution in [0.3, 0.4) is 0 Å². The zero-order valence-corrected chi connectivity index (χ0v) is 8.48. The third kappa shape index (κ3) is 4.50. The van der Waals surface area contributed by atoms with Gasteiger partial charge in [-0.2, -0.15) is 0 Å². The standard InChI is InChI=1S/C10H21B/c1-5-7-8-9(6-2)10(3,4)11/h9H,5-8H2,1-4H3. The zero-order chi connectivity index (χ0) is 8.91. The van der Waals surface area contributed by atoms with Crippen LogP contribution in [0.4, 0.5) is 0 Å². The second-order valence-electron chi connectivity index (χ2n) is 4.07. The average Bonchev–Trinajstić information content (AvgIpc) is 1.87. The van der Waals surface area contributed by atoms with Gasteiger partial charge in [0.15, 0.2) is 0 Å². The lowest BCUT2D eigenvalue weighted by atomic mass is 9.61. The fraction of sp³-hybridized carbons (Fsp3) is 1.00. The molecule has 1 heteroatoms. The Bertz CT molecular complexity index is 91.5. The summed E-state index contributed by atoms with van der Waals surface area (Å²) in [6, 6.07) is 0. The molecule has 0 heterocycles. The minimum atomic E-state index is 0.0178. The molecule has 1 unspecified atom stereocenters. The quantitative estimate of drug-likeness (QED) is 0.528. The van der Waals surface area contributed by atoms with Gasteiger partial charge < -0.3 is 0 Å². The maximum atomic E-state index is 6.03. The van der Waals surface area contributed by atoms with E-state index in [1.165, 1.54) is 25.7 Å². The van der Waals surface area contributed by atoms with E-state index >= 15 is 0 Å². The Morgan fingerprint density at radius 1 is 1.27 bits per heavy atom. The Morgan fingerprint density at radius 3 is 2.09 bits per heavy atom. The minimum Gasteiger partial charge on any atom is -0.0689 e. The fourth-order valence-electron chi connectivity index (χ4n) is 1.55. The summed E-state index contributed by atoms with van der Waals surface area (Å²) >= 11 is 0. The summed E-state index contributed by atoms with van der Waals surface area (Å²) in [5.41, 5.74) is 0. The molecule has 0 aromatic carbocycles. The van der Waals surface area contributed by atoms with Gasteiger partial charge in [-0.3, -0.25) is 0 Å². The minimum absolute atomic E-state index is 0.0178. The molecule has 11 heavy (non-hydrogen) atoms. The van der Waals surface area contributed by atoms with E-state index in [-0.39, 0.29) is 5.31 Å². The van der Waals surface area contributed by atoms with E-state index in [1.807, 2.05) is 0 Å². The SMILES string of the molecule is [B]C(C)(C)C(CC)CCCC. The van der Waals surface area contributed by atoms with E-state index in [4.69, 9.17) is 7.85 Å². The molecule has 0 nitrogen and oxygen atoms in total. The van der Waals surface area contributed by atoms with Crippen molar-refractivity contribution in [1.29, 1.82) is 0 Å². The van der Waals surface area contributed by atoms with Gasteiger partial charge >= 0.3 is 0 Å². The normalized spacial score (nSPS) is 14.9. The van der Waals surface area contributed by atoms with Gasteiger partial charge in [-0.25, -0.2) is 0 Å². The van der Waals surface area contributed by atoms with Crippen molar-refractivity contribution in [3.8, 4) is 0 Å². The molecule has 0 saturated heterocycles. The summed E-state index contributed by atoms with van der Waals surface area (Å²) in [6.45, 7) is 8.73. The first kappa shape index (κ1) is 11.1. The molecule has 0 bridgehead atoms. The van der Waals surface area contributed by atoms with E-state index in [9.17, 15) is 0 Å². The van der Waals surface area contributed by atoms with E-state index < -0.39 is 0 Å². The lowest BCUT2D eigenvalue weighted by Gasteiger charge is -2.30. The average molecular weight is 152 g/mol. The predicted octanol–water partition coefficient (Wildman–Crippen LogP) is 3.57. The van der Waals surface area contributed by atoms with Crippen LogP contribution in [0.25, 0.3) is 0 Å². The molecule has 0 spiro atoms. The number of hydrogen-bond donors (Lipinski definition) is 0. The summed E-state index contributed by atoms with van der Waals surface area (Å²) in [6.07, 6.45) is 5.10. The van der Waals surface area contributed by atoms with Crippen LogP contribution in [-0.2, 0) is 0 Å². The molecule has 0 saturated carbocycles. The Hall–Kier alpha value is 0.0649. The molecule has 0 aliphatic rings. The van der Waals surface area contributed by atoms with Crippen LogP contribution >= 0.6 is 0 Å². The van der Waals surface area contributed by atoms with Crippen molar-refractivity contribution in [2.45, 2.75) is 58.7 Å². The molecule has 0 rings (SSSR count). The first-order valence-electron chi connectivity index (χ1n) is 4.81. The highest BCUT2D eigenvalue weighted by atomic mass is 14.2. The van der Waals surface area contributed by atoms with E-state index in [2.05, 4.69) is 27.7 Å². The van der Waals surface area contributed by atoms with Gasteiger partial charge in [0.05, 0.1) is 7.85 Å². The summed E-state index contributed by atoms with van der Waals surface area (Å²) in [5.74, 6) is 0.697. The van der Waals surface area contributed by atoms with Crippen molar-refractivity contribution in [3.05, 3.63) is 0 Å². The van der Waals surface area contributed by atoms with E-state index in [0.29, 0.717) is 5.92 Å². The molecular formula is C10H21B. The highest BCUT2D eigenvalue weighted by molar-refractivity contribution is 6.14. The molecule has 0 N–H and O–H groups in total. The van der Waals surface area contributed by atoms with Gasteiger partial charge in [0.25, 0.3) is 0 Å². The van der Waals surface area contributed by atoms with Crippen molar-refractivity contribution >= 4 is 7.85 Å². The topological polar surface area (TPSA) is 0 Å². The maximum Gasteiger partial charge on any atom is 0.0742 e.